The van der Waals surface area contributed by atoms with Crippen LogP contribution in [0, 0.1) is 5.82 Å². The molecule has 1 aliphatic rings. The molecule has 25 heavy (non-hydrogen) atoms. The van der Waals surface area contributed by atoms with Gasteiger partial charge in [0.1, 0.15) is 19.0 Å². The van der Waals surface area contributed by atoms with Crippen LogP contribution in [0.15, 0.2) is 48.5 Å². The Kier molecular flexibility index (Phi) is 4.11. The molecule has 4 rings (SSSR count). The summed E-state index contributed by atoms with van der Waals surface area (Å²) in [5, 5.41) is 7.39. The Bertz CT molecular complexity index is 877. The quantitative estimate of drug-likeness (QED) is 0.766. The van der Waals surface area contributed by atoms with Crippen molar-refractivity contribution >= 4 is 0 Å². The van der Waals surface area contributed by atoms with E-state index in [4.69, 9.17) is 15.2 Å². The molecule has 0 saturated carbocycles. The number of aromatic nitrogens is 2. The van der Waals surface area contributed by atoms with Crippen LogP contribution in [0.25, 0.3) is 11.3 Å². The van der Waals surface area contributed by atoms with Gasteiger partial charge in [-0.25, -0.2) is 4.39 Å². The average Bonchev–Trinajstić information content (AvgIpc) is 3.12. The van der Waals surface area contributed by atoms with E-state index in [1.165, 1.54) is 12.1 Å². The van der Waals surface area contributed by atoms with Crippen molar-refractivity contribution in [1.82, 2.24) is 10.2 Å². The molecule has 0 radical (unpaired) electrons. The number of fused-ring (bicyclic) bond motifs is 1. The summed E-state index contributed by atoms with van der Waals surface area (Å²) in [5.74, 6) is 1.18. The molecule has 0 bridgehead atoms. The molecular weight excluding hydrogens is 321 g/mol. The van der Waals surface area contributed by atoms with Crippen molar-refractivity contribution in [2.45, 2.75) is 5.92 Å². The maximum Gasteiger partial charge on any atom is 0.161 e. The highest BCUT2D eigenvalue weighted by molar-refractivity contribution is 5.59. The maximum absolute atomic E-state index is 13.1. The molecule has 6 heteroatoms. The fourth-order valence-electron chi connectivity index (χ4n) is 3.00. The second kappa shape index (κ2) is 6.57. The van der Waals surface area contributed by atoms with Gasteiger partial charge in [-0.05, 0) is 48.0 Å². The summed E-state index contributed by atoms with van der Waals surface area (Å²) < 4.78 is 24.3. The molecule has 1 unspecified atom stereocenters. The molecule has 1 aromatic heterocycles. The third-order valence-electron chi connectivity index (χ3n) is 4.32. The Balaban J connectivity index is 1.64. The molecule has 0 spiro atoms. The number of nitrogens with zero attached hydrogens (tertiary/aromatic N) is 1. The van der Waals surface area contributed by atoms with Gasteiger partial charge in [-0.3, -0.25) is 5.10 Å². The van der Waals surface area contributed by atoms with E-state index >= 15 is 0 Å². The van der Waals surface area contributed by atoms with Gasteiger partial charge in [0.05, 0.1) is 5.69 Å². The van der Waals surface area contributed by atoms with Crippen LogP contribution in [0.2, 0.25) is 0 Å². The number of hydrogen-bond donors (Lipinski definition) is 2. The summed E-state index contributed by atoms with van der Waals surface area (Å²) in [6.45, 7) is 1.53. The first kappa shape index (κ1) is 15.7. The first-order chi connectivity index (χ1) is 12.2. The van der Waals surface area contributed by atoms with Gasteiger partial charge in [0.25, 0.3) is 0 Å². The molecule has 2 aromatic carbocycles. The molecule has 3 aromatic rings. The Hall–Kier alpha value is -2.86. The lowest BCUT2D eigenvalue weighted by molar-refractivity contribution is 0.171. The average molecular weight is 339 g/mol. The number of ether oxygens (including phenoxy) is 2. The van der Waals surface area contributed by atoms with Gasteiger partial charge in [-0.15, -0.1) is 0 Å². The second-order valence-electron chi connectivity index (χ2n) is 5.91. The van der Waals surface area contributed by atoms with Gasteiger partial charge in [0.2, 0.25) is 0 Å². The van der Waals surface area contributed by atoms with Crippen molar-refractivity contribution in [2.75, 3.05) is 19.8 Å². The summed E-state index contributed by atoms with van der Waals surface area (Å²) in [6, 6.07) is 14.1. The maximum atomic E-state index is 13.1. The van der Waals surface area contributed by atoms with E-state index in [1.807, 2.05) is 24.3 Å². The van der Waals surface area contributed by atoms with Crippen molar-refractivity contribution in [1.29, 1.82) is 0 Å². The van der Waals surface area contributed by atoms with E-state index in [0.29, 0.717) is 19.8 Å². The fraction of sp³-hybridized carbons (Fsp3) is 0.211. The van der Waals surface area contributed by atoms with Crippen LogP contribution in [0.5, 0.6) is 11.5 Å². The second-order valence-corrected chi connectivity index (χ2v) is 5.91. The number of rotatable bonds is 4. The zero-order chi connectivity index (χ0) is 17.2. The van der Waals surface area contributed by atoms with Crippen LogP contribution >= 0.6 is 0 Å². The predicted molar refractivity (Wildman–Crippen MR) is 92.3 cm³/mol. The molecule has 5 nitrogen and oxygen atoms in total. The molecule has 0 fully saturated rings. The number of hydrogen-bond acceptors (Lipinski definition) is 4. The molecule has 0 amide bonds. The van der Waals surface area contributed by atoms with Crippen LogP contribution in [-0.2, 0) is 0 Å². The lowest BCUT2D eigenvalue weighted by Crippen LogP contribution is -2.17. The number of nitrogens with one attached hydrogen (secondary N) is 1. The molecule has 0 aliphatic carbocycles. The normalized spacial score (nSPS) is 14.3. The van der Waals surface area contributed by atoms with E-state index in [1.54, 1.807) is 12.1 Å². The summed E-state index contributed by atoms with van der Waals surface area (Å²) in [5.41, 5.74) is 9.55. The third-order valence-corrected chi connectivity index (χ3v) is 4.32. The van der Waals surface area contributed by atoms with E-state index < -0.39 is 0 Å². The number of benzene rings is 2. The van der Waals surface area contributed by atoms with Crippen LogP contribution in [0.3, 0.4) is 0 Å². The minimum Gasteiger partial charge on any atom is -0.486 e. The first-order valence-electron chi connectivity index (χ1n) is 8.15. The van der Waals surface area contributed by atoms with Crippen LogP contribution in [0.4, 0.5) is 4.39 Å². The fourth-order valence-corrected chi connectivity index (χ4v) is 3.00. The van der Waals surface area contributed by atoms with Crippen molar-refractivity contribution < 1.29 is 13.9 Å². The Morgan fingerprint density at radius 2 is 1.80 bits per heavy atom. The Morgan fingerprint density at radius 3 is 2.56 bits per heavy atom. The highest BCUT2D eigenvalue weighted by Crippen LogP contribution is 2.35. The molecule has 128 valence electrons. The van der Waals surface area contributed by atoms with Gasteiger partial charge in [0.15, 0.2) is 11.5 Å². The van der Waals surface area contributed by atoms with Gasteiger partial charge in [0, 0.05) is 23.7 Å². The first-order valence-corrected chi connectivity index (χ1v) is 8.15. The summed E-state index contributed by atoms with van der Waals surface area (Å²) >= 11 is 0. The lowest BCUT2D eigenvalue weighted by Gasteiger charge is -2.21. The van der Waals surface area contributed by atoms with Gasteiger partial charge in [-0.2, -0.15) is 5.10 Å². The number of H-pyrrole nitrogens is 1. The van der Waals surface area contributed by atoms with Gasteiger partial charge >= 0.3 is 0 Å². The van der Waals surface area contributed by atoms with E-state index in [2.05, 4.69) is 10.2 Å². The molecule has 1 aliphatic heterocycles. The highest BCUT2D eigenvalue weighted by Gasteiger charge is 2.19. The van der Waals surface area contributed by atoms with Crippen LogP contribution < -0.4 is 15.2 Å². The van der Waals surface area contributed by atoms with Gasteiger partial charge < -0.3 is 15.2 Å². The lowest BCUT2D eigenvalue weighted by atomic mass is 9.95. The molecular formula is C19H18FN3O2. The minimum absolute atomic E-state index is 0.0440. The van der Waals surface area contributed by atoms with Crippen molar-refractivity contribution in [3.05, 3.63) is 65.6 Å². The largest absolute Gasteiger partial charge is 0.486 e. The smallest absolute Gasteiger partial charge is 0.161 e. The Labute approximate surface area is 144 Å². The standard InChI is InChI=1S/C19H18FN3O2/c20-14-4-1-12(2-5-14)16-10-17(23-22-16)15(11-21)13-3-6-18-19(9-13)25-8-7-24-18/h1-6,9-10,15H,7-8,11,21H2,(H,22,23). The monoisotopic (exact) mass is 339 g/mol. The van der Waals surface area contributed by atoms with E-state index in [-0.39, 0.29) is 11.7 Å². The summed E-state index contributed by atoms with van der Waals surface area (Å²) in [4.78, 5) is 0. The molecule has 1 atom stereocenters. The van der Waals surface area contributed by atoms with E-state index in [0.717, 1.165) is 34.0 Å². The Morgan fingerprint density at radius 1 is 1.04 bits per heavy atom. The van der Waals surface area contributed by atoms with Gasteiger partial charge in [-0.1, -0.05) is 6.07 Å². The molecule has 3 N–H and O–H groups in total. The minimum atomic E-state index is -0.268. The topological polar surface area (TPSA) is 73.2 Å². The zero-order valence-corrected chi connectivity index (χ0v) is 13.5. The molecule has 2 heterocycles. The summed E-state index contributed by atoms with van der Waals surface area (Å²) in [7, 11) is 0. The number of aromatic amines is 1. The number of halogens is 1. The van der Waals surface area contributed by atoms with E-state index in [9.17, 15) is 4.39 Å². The zero-order valence-electron chi connectivity index (χ0n) is 13.5. The van der Waals surface area contributed by atoms with Crippen molar-refractivity contribution in [2.24, 2.45) is 5.73 Å². The van der Waals surface area contributed by atoms with Crippen LogP contribution in [0.1, 0.15) is 17.2 Å². The number of nitrogens with two attached hydrogens (primary N) is 1. The predicted octanol–water partition coefficient (Wildman–Crippen LogP) is 3.08. The highest BCUT2D eigenvalue weighted by atomic mass is 19.1. The van der Waals surface area contributed by atoms with Crippen molar-refractivity contribution in [3.63, 3.8) is 0 Å². The summed E-state index contributed by atoms with van der Waals surface area (Å²) in [6.07, 6.45) is 0. The third kappa shape index (κ3) is 3.08. The van der Waals surface area contributed by atoms with Crippen molar-refractivity contribution in [3.8, 4) is 22.8 Å². The SMILES string of the molecule is NCC(c1ccc2c(c1)OCCO2)c1cc(-c2ccc(F)cc2)n[nH]1. The van der Waals surface area contributed by atoms with Crippen LogP contribution in [-0.4, -0.2) is 30.0 Å². The molecule has 0 saturated heterocycles.